The fourth-order valence-electron chi connectivity index (χ4n) is 1.60. The number of anilines is 1. The van der Waals surface area contributed by atoms with Crippen LogP contribution in [0.1, 0.15) is 19.4 Å². The van der Waals surface area contributed by atoms with Crippen LogP contribution in [0, 0.1) is 12.8 Å². The van der Waals surface area contributed by atoms with E-state index in [4.69, 9.17) is 21.1 Å². The van der Waals surface area contributed by atoms with Crippen molar-refractivity contribution in [1.82, 2.24) is 0 Å². The van der Waals surface area contributed by atoms with Gasteiger partial charge in [-0.05, 0) is 25.5 Å². The quantitative estimate of drug-likeness (QED) is 0.815. The molecule has 0 saturated carbocycles. The molecule has 0 fully saturated rings. The number of hydrogen-bond donors (Lipinski definition) is 1. The second-order valence-electron chi connectivity index (χ2n) is 4.34. The Morgan fingerprint density at radius 3 is 2.74 bits per heavy atom. The fourth-order valence-corrected chi connectivity index (χ4v) is 1.75. The Labute approximate surface area is 119 Å². The van der Waals surface area contributed by atoms with Crippen LogP contribution in [-0.4, -0.2) is 26.2 Å². The number of aryl methyl sites for hydroxylation is 1. The molecule has 0 aromatic heterocycles. The number of nitrogens with one attached hydrogen (secondary N) is 1. The SMILES string of the molecule is CCOC(=O)C(C)CNc1cc(C)c(Cl)cc1OC. The van der Waals surface area contributed by atoms with E-state index in [0.717, 1.165) is 11.3 Å². The average molecular weight is 286 g/mol. The van der Waals surface area contributed by atoms with Crippen molar-refractivity contribution in [2.24, 2.45) is 5.92 Å². The third-order valence-corrected chi connectivity index (χ3v) is 3.18. The summed E-state index contributed by atoms with van der Waals surface area (Å²) in [5.74, 6) is 0.229. The number of esters is 1. The summed E-state index contributed by atoms with van der Waals surface area (Å²) in [7, 11) is 1.58. The van der Waals surface area contributed by atoms with Crippen molar-refractivity contribution in [1.29, 1.82) is 0 Å². The number of rotatable bonds is 6. The molecule has 4 nitrogen and oxygen atoms in total. The van der Waals surface area contributed by atoms with E-state index in [1.54, 1.807) is 20.1 Å². The minimum atomic E-state index is -0.222. The average Bonchev–Trinajstić information content (AvgIpc) is 2.39. The predicted octanol–water partition coefficient (Wildman–Crippen LogP) is 3.27. The Bertz CT molecular complexity index is 449. The highest BCUT2D eigenvalue weighted by atomic mass is 35.5. The zero-order valence-corrected chi connectivity index (χ0v) is 12.5. The summed E-state index contributed by atoms with van der Waals surface area (Å²) in [6.45, 7) is 6.41. The molecule has 0 amide bonds. The zero-order chi connectivity index (χ0) is 14.4. The highest BCUT2D eigenvalue weighted by molar-refractivity contribution is 6.31. The van der Waals surface area contributed by atoms with Gasteiger partial charge in [0.15, 0.2) is 0 Å². The molecule has 0 bridgehead atoms. The Balaban J connectivity index is 2.72. The van der Waals surface area contributed by atoms with Gasteiger partial charge < -0.3 is 14.8 Å². The maximum absolute atomic E-state index is 11.5. The predicted molar refractivity (Wildman–Crippen MR) is 77.0 cm³/mol. The van der Waals surface area contributed by atoms with Crippen LogP contribution < -0.4 is 10.1 Å². The number of ether oxygens (including phenoxy) is 2. The lowest BCUT2D eigenvalue weighted by Gasteiger charge is -2.16. The van der Waals surface area contributed by atoms with E-state index >= 15 is 0 Å². The largest absolute Gasteiger partial charge is 0.495 e. The van der Waals surface area contributed by atoms with Crippen LogP contribution >= 0.6 is 11.6 Å². The monoisotopic (exact) mass is 285 g/mol. The molecule has 0 aliphatic rings. The third kappa shape index (κ3) is 4.31. The summed E-state index contributed by atoms with van der Waals surface area (Å²) in [5.41, 5.74) is 1.77. The summed E-state index contributed by atoms with van der Waals surface area (Å²) in [6, 6.07) is 3.66. The smallest absolute Gasteiger partial charge is 0.310 e. The minimum absolute atomic E-state index is 0.209. The number of benzene rings is 1. The number of carbonyl (C=O) groups excluding carboxylic acids is 1. The normalized spacial score (nSPS) is 11.8. The second-order valence-corrected chi connectivity index (χ2v) is 4.74. The first-order valence-electron chi connectivity index (χ1n) is 6.24. The van der Waals surface area contributed by atoms with Crippen molar-refractivity contribution in [3.05, 3.63) is 22.7 Å². The highest BCUT2D eigenvalue weighted by Crippen LogP contribution is 2.31. The molecule has 19 heavy (non-hydrogen) atoms. The Morgan fingerprint density at radius 2 is 2.16 bits per heavy atom. The van der Waals surface area contributed by atoms with Gasteiger partial charge in [-0.2, -0.15) is 0 Å². The van der Waals surface area contributed by atoms with Crippen LogP contribution in [0.4, 0.5) is 5.69 Å². The molecule has 1 aromatic carbocycles. The Kier molecular flexibility index (Phi) is 5.96. The van der Waals surface area contributed by atoms with E-state index in [0.29, 0.717) is 23.9 Å². The van der Waals surface area contributed by atoms with Crippen molar-refractivity contribution in [3.63, 3.8) is 0 Å². The summed E-state index contributed by atoms with van der Waals surface area (Å²) >= 11 is 6.04. The van der Waals surface area contributed by atoms with Gasteiger partial charge >= 0.3 is 5.97 Å². The molecular weight excluding hydrogens is 266 g/mol. The summed E-state index contributed by atoms with van der Waals surface area (Å²) in [6.07, 6.45) is 0. The topological polar surface area (TPSA) is 47.6 Å². The van der Waals surface area contributed by atoms with E-state index in [1.165, 1.54) is 0 Å². The van der Waals surface area contributed by atoms with Gasteiger partial charge in [-0.1, -0.05) is 18.5 Å². The molecule has 1 rings (SSSR count). The van der Waals surface area contributed by atoms with E-state index in [1.807, 2.05) is 19.9 Å². The molecule has 0 aliphatic heterocycles. The van der Waals surface area contributed by atoms with Gasteiger partial charge in [-0.15, -0.1) is 0 Å². The molecular formula is C14H20ClNO3. The van der Waals surface area contributed by atoms with E-state index in [-0.39, 0.29) is 11.9 Å². The summed E-state index contributed by atoms with van der Waals surface area (Å²) in [5, 5.41) is 3.84. The van der Waals surface area contributed by atoms with Crippen LogP contribution in [0.15, 0.2) is 12.1 Å². The van der Waals surface area contributed by atoms with Gasteiger partial charge in [0, 0.05) is 17.6 Å². The minimum Gasteiger partial charge on any atom is -0.495 e. The lowest BCUT2D eigenvalue weighted by molar-refractivity contribution is -0.146. The van der Waals surface area contributed by atoms with Gasteiger partial charge in [-0.3, -0.25) is 4.79 Å². The van der Waals surface area contributed by atoms with E-state index < -0.39 is 0 Å². The number of halogens is 1. The first-order valence-corrected chi connectivity index (χ1v) is 6.62. The van der Waals surface area contributed by atoms with Crippen LogP contribution in [0.5, 0.6) is 5.75 Å². The van der Waals surface area contributed by atoms with E-state index in [2.05, 4.69) is 5.32 Å². The summed E-state index contributed by atoms with van der Waals surface area (Å²) < 4.78 is 10.2. The molecule has 0 spiro atoms. The van der Waals surface area contributed by atoms with Crippen molar-refractivity contribution < 1.29 is 14.3 Å². The first kappa shape index (κ1) is 15.6. The Morgan fingerprint density at radius 1 is 1.47 bits per heavy atom. The maximum atomic E-state index is 11.5. The van der Waals surface area contributed by atoms with Crippen molar-refractivity contribution in [3.8, 4) is 5.75 Å². The molecule has 0 saturated heterocycles. The van der Waals surface area contributed by atoms with Gasteiger partial charge in [-0.25, -0.2) is 0 Å². The standard InChI is InChI=1S/C14H20ClNO3/c1-5-19-14(17)10(3)8-16-12-6-9(2)11(15)7-13(12)18-4/h6-7,10,16H,5,8H2,1-4H3. The van der Waals surface area contributed by atoms with Gasteiger partial charge in [0.05, 0.1) is 25.3 Å². The van der Waals surface area contributed by atoms with Crippen LogP contribution in [0.25, 0.3) is 0 Å². The number of hydrogen-bond acceptors (Lipinski definition) is 4. The molecule has 106 valence electrons. The number of carbonyl (C=O) groups is 1. The fraction of sp³-hybridized carbons (Fsp3) is 0.500. The molecule has 1 unspecified atom stereocenters. The lowest BCUT2D eigenvalue weighted by atomic mass is 10.1. The Hall–Kier alpha value is -1.42. The molecule has 0 radical (unpaired) electrons. The van der Waals surface area contributed by atoms with Crippen LogP contribution in [0.2, 0.25) is 5.02 Å². The van der Waals surface area contributed by atoms with Crippen molar-refractivity contribution in [2.75, 3.05) is 25.6 Å². The lowest BCUT2D eigenvalue weighted by Crippen LogP contribution is -2.22. The zero-order valence-electron chi connectivity index (χ0n) is 11.7. The highest BCUT2D eigenvalue weighted by Gasteiger charge is 2.15. The van der Waals surface area contributed by atoms with Gasteiger partial charge in [0.1, 0.15) is 5.75 Å². The van der Waals surface area contributed by atoms with Crippen molar-refractivity contribution >= 4 is 23.3 Å². The van der Waals surface area contributed by atoms with Gasteiger partial charge in [0.25, 0.3) is 0 Å². The van der Waals surface area contributed by atoms with Crippen LogP contribution in [0.3, 0.4) is 0 Å². The second kappa shape index (κ2) is 7.24. The molecule has 1 aromatic rings. The van der Waals surface area contributed by atoms with E-state index in [9.17, 15) is 4.79 Å². The molecule has 1 atom stereocenters. The molecule has 5 heteroatoms. The molecule has 1 N–H and O–H groups in total. The number of methoxy groups -OCH3 is 1. The third-order valence-electron chi connectivity index (χ3n) is 2.77. The van der Waals surface area contributed by atoms with Gasteiger partial charge in [0.2, 0.25) is 0 Å². The molecule has 0 aliphatic carbocycles. The van der Waals surface area contributed by atoms with Crippen LogP contribution in [-0.2, 0) is 9.53 Å². The first-order chi connectivity index (χ1) is 8.99. The summed E-state index contributed by atoms with van der Waals surface area (Å²) in [4.78, 5) is 11.5. The molecule has 0 heterocycles. The maximum Gasteiger partial charge on any atom is 0.310 e. The van der Waals surface area contributed by atoms with Crippen molar-refractivity contribution in [2.45, 2.75) is 20.8 Å².